The molecule has 166 valence electrons. The first-order valence-corrected chi connectivity index (χ1v) is 11.7. The minimum Gasteiger partial charge on any atom is -0.484 e. The van der Waals surface area contributed by atoms with Gasteiger partial charge in [-0.25, -0.2) is 4.98 Å². The van der Waals surface area contributed by atoms with Crippen LogP contribution in [0.15, 0.2) is 36.4 Å². The van der Waals surface area contributed by atoms with Crippen LogP contribution in [0.2, 0.25) is 5.02 Å². The average molecular weight is 460 g/mol. The maximum absolute atomic E-state index is 13.1. The van der Waals surface area contributed by atoms with Gasteiger partial charge in [-0.2, -0.15) is 0 Å². The molecule has 5 nitrogen and oxygen atoms in total. The Labute approximate surface area is 193 Å². The van der Waals surface area contributed by atoms with E-state index in [0.29, 0.717) is 28.4 Å². The summed E-state index contributed by atoms with van der Waals surface area (Å²) in [4.78, 5) is 21.7. The molecule has 31 heavy (non-hydrogen) atoms. The fraction of sp³-hybridized carbons (Fsp3) is 0.417. The summed E-state index contributed by atoms with van der Waals surface area (Å²) in [7, 11) is 4.05. The van der Waals surface area contributed by atoms with E-state index < -0.39 is 0 Å². The summed E-state index contributed by atoms with van der Waals surface area (Å²) in [6.45, 7) is 7.72. The van der Waals surface area contributed by atoms with Crippen LogP contribution in [0.25, 0.3) is 10.2 Å². The molecule has 0 aliphatic carbocycles. The lowest BCUT2D eigenvalue weighted by Gasteiger charge is -2.21. The zero-order chi connectivity index (χ0) is 22.5. The van der Waals surface area contributed by atoms with Crippen molar-refractivity contribution < 1.29 is 9.53 Å². The molecule has 0 radical (unpaired) electrons. The lowest BCUT2D eigenvalue weighted by Crippen LogP contribution is -2.36. The van der Waals surface area contributed by atoms with E-state index in [1.807, 2.05) is 57.4 Å². The maximum atomic E-state index is 13.1. The molecule has 0 spiro atoms. The number of rotatable bonds is 9. The molecule has 1 heterocycles. The van der Waals surface area contributed by atoms with E-state index >= 15 is 0 Å². The first kappa shape index (κ1) is 23.5. The highest BCUT2D eigenvalue weighted by Gasteiger charge is 2.21. The number of aromatic nitrogens is 1. The highest BCUT2D eigenvalue weighted by Crippen LogP contribution is 2.35. The van der Waals surface area contributed by atoms with E-state index in [-0.39, 0.29) is 12.5 Å². The normalized spacial score (nSPS) is 11.5. The van der Waals surface area contributed by atoms with Gasteiger partial charge in [-0.05, 0) is 69.2 Å². The predicted molar refractivity (Wildman–Crippen MR) is 131 cm³/mol. The monoisotopic (exact) mass is 459 g/mol. The number of hydrogen-bond donors (Lipinski definition) is 0. The zero-order valence-electron chi connectivity index (χ0n) is 18.8. The van der Waals surface area contributed by atoms with Crippen LogP contribution in [0, 0.1) is 6.92 Å². The van der Waals surface area contributed by atoms with Crippen molar-refractivity contribution in [2.24, 2.45) is 0 Å². The summed E-state index contributed by atoms with van der Waals surface area (Å²) >= 11 is 7.84. The number of ether oxygens (including phenoxy) is 1. The van der Waals surface area contributed by atoms with Gasteiger partial charge in [0.2, 0.25) is 0 Å². The van der Waals surface area contributed by atoms with Gasteiger partial charge in [-0.3, -0.25) is 9.69 Å². The van der Waals surface area contributed by atoms with Crippen molar-refractivity contribution in [1.29, 1.82) is 0 Å². The fourth-order valence-corrected chi connectivity index (χ4v) is 4.61. The van der Waals surface area contributed by atoms with Gasteiger partial charge >= 0.3 is 0 Å². The Balaban J connectivity index is 1.78. The summed E-state index contributed by atoms with van der Waals surface area (Å²) < 4.78 is 6.71. The molecular weight excluding hydrogens is 430 g/mol. The molecule has 0 atom stereocenters. The maximum Gasteiger partial charge on any atom is 0.266 e. The largest absolute Gasteiger partial charge is 0.484 e. The van der Waals surface area contributed by atoms with Gasteiger partial charge in [0.25, 0.3) is 5.91 Å². The number of amides is 1. The fourth-order valence-electron chi connectivity index (χ4n) is 3.25. The van der Waals surface area contributed by atoms with Gasteiger partial charge in [0.1, 0.15) is 5.75 Å². The van der Waals surface area contributed by atoms with E-state index in [1.54, 1.807) is 4.90 Å². The first-order chi connectivity index (χ1) is 14.8. The molecule has 1 amide bonds. The molecule has 1 aromatic heterocycles. The molecule has 0 saturated heterocycles. The van der Waals surface area contributed by atoms with Gasteiger partial charge in [0.15, 0.2) is 11.7 Å². The van der Waals surface area contributed by atoms with E-state index in [2.05, 4.69) is 18.7 Å². The SMILES string of the molecule is Cc1ccc(Cl)c2sc(N(CCCN(C)C)C(=O)COc3ccc(C(C)C)cc3)nc12. The molecule has 0 saturated carbocycles. The highest BCUT2D eigenvalue weighted by atomic mass is 35.5. The lowest BCUT2D eigenvalue weighted by atomic mass is 10.0. The summed E-state index contributed by atoms with van der Waals surface area (Å²) in [5.41, 5.74) is 3.14. The second-order valence-electron chi connectivity index (χ2n) is 8.25. The summed E-state index contributed by atoms with van der Waals surface area (Å²) in [6, 6.07) is 11.7. The minimum absolute atomic E-state index is 0.0361. The standard InChI is InChI=1S/C24H30ClN3O2S/c1-16(2)18-8-10-19(11-9-18)30-15-21(29)28(14-6-13-27(4)5)24-26-22-17(3)7-12-20(25)23(22)31-24/h7-12,16H,6,13-15H2,1-5H3. The van der Waals surface area contributed by atoms with E-state index in [9.17, 15) is 4.79 Å². The number of fused-ring (bicyclic) bond motifs is 1. The molecule has 7 heteroatoms. The van der Waals surface area contributed by atoms with Crippen LogP contribution in [-0.4, -0.2) is 49.6 Å². The zero-order valence-corrected chi connectivity index (χ0v) is 20.4. The Hall–Kier alpha value is -2.15. The molecule has 0 aliphatic heterocycles. The Morgan fingerprint density at radius 3 is 2.45 bits per heavy atom. The summed E-state index contributed by atoms with van der Waals surface area (Å²) in [5, 5.41) is 1.32. The van der Waals surface area contributed by atoms with Gasteiger partial charge in [0.05, 0.1) is 15.2 Å². The van der Waals surface area contributed by atoms with Gasteiger partial charge in [0, 0.05) is 6.54 Å². The molecule has 0 bridgehead atoms. The first-order valence-electron chi connectivity index (χ1n) is 10.5. The number of nitrogens with zero attached hydrogens (tertiary/aromatic N) is 3. The molecule has 0 aliphatic rings. The number of benzene rings is 2. The van der Waals surface area contributed by atoms with Crippen molar-refractivity contribution in [3.63, 3.8) is 0 Å². The summed E-state index contributed by atoms with van der Waals surface area (Å²) in [6.07, 6.45) is 0.838. The van der Waals surface area contributed by atoms with Crippen molar-refractivity contribution in [3.05, 3.63) is 52.5 Å². The number of thiazole rings is 1. The van der Waals surface area contributed by atoms with Crippen LogP contribution in [0.3, 0.4) is 0 Å². The van der Waals surface area contributed by atoms with E-state index in [1.165, 1.54) is 16.9 Å². The number of halogens is 1. The Morgan fingerprint density at radius 1 is 1.13 bits per heavy atom. The van der Waals surface area contributed by atoms with Crippen LogP contribution < -0.4 is 9.64 Å². The van der Waals surface area contributed by atoms with Crippen LogP contribution in [0.5, 0.6) is 5.75 Å². The minimum atomic E-state index is -0.112. The topological polar surface area (TPSA) is 45.7 Å². The number of aryl methyl sites for hydroxylation is 1. The van der Waals surface area contributed by atoms with Gasteiger partial charge < -0.3 is 9.64 Å². The Bertz CT molecular complexity index is 992. The molecule has 0 unspecified atom stereocenters. The van der Waals surface area contributed by atoms with Crippen LogP contribution >= 0.6 is 22.9 Å². The number of carbonyl (C=O) groups excluding carboxylic acids is 1. The average Bonchev–Trinajstić information content (AvgIpc) is 3.18. The van der Waals surface area contributed by atoms with Crippen molar-refractivity contribution in [1.82, 2.24) is 9.88 Å². The van der Waals surface area contributed by atoms with Crippen LogP contribution in [0.4, 0.5) is 5.13 Å². The quantitative estimate of drug-likeness (QED) is 0.409. The highest BCUT2D eigenvalue weighted by molar-refractivity contribution is 7.23. The molecular formula is C24H30ClN3O2S. The third-order valence-corrected chi connectivity index (χ3v) is 6.65. The number of anilines is 1. The van der Waals surface area contributed by atoms with Gasteiger partial charge in [-0.1, -0.05) is 55.0 Å². The van der Waals surface area contributed by atoms with Gasteiger partial charge in [-0.15, -0.1) is 0 Å². The molecule has 0 N–H and O–H groups in total. The third kappa shape index (κ3) is 5.97. The van der Waals surface area contributed by atoms with Crippen molar-refractivity contribution in [3.8, 4) is 5.75 Å². The predicted octanol–water partition coefficient (Wildman–Crippen LogP) is 5.75. The lowest BCUT2D eigenvalue weighted by molar-refractivity contribution is -0.120. The number of hydrogen-bond acceptors (Lipinski definition) is 5. The summed E-state index contributed by atoms with van der Waals surface area (Å²) in [5.74, 6) is 1.03. The van der Waals surface area contributed by atoms with E-state index in [4.69, 9.17) is 21.3 Å². The molecule has 3 rings (SSSR count). The van der Waals surface area contributed by atoms with Crippen molar-refractivity contribution >= 4 is 44.2 Å². The Morgan fingerprint density at radius 2 is 1.84 bits per heavy atom. The molecule has 2 aromatic carbocycles. The molecule has 0 fully saturated rings. The number of carbonyl (C=O) groups is 1. The van der Waals surface area contributed by atoms with Crippen molar-refractivity contribution in [2.75, 3.05) is 38.7 Å². The van der Waals surface area contributed by atoms with Crippen LogP contribution in [0.1, 0.15) is 37.3 Å². The second-order valence-corrected chi connectivity index (χ2v) is 9.64. The third-order valence-electron chi connectivity index (χ3n) is 5.11. The van der Waals surface area contributed by atoms with Crippen molar-refractivity contribution in [2.45, 2.75) is 33.1 Å². The van der Waals surface area contributed by atoms with E-state index in [0.717, 1.165) is 28.7 Å². The van der Waals surface area contributed by atoms with Crippen LogP contribution in [-0.2, 0) is 4.79 Å². The second kappa shape index (κ2) is 10.4. The molecule has 3 aromatic rings. The Kier molecular flexibility index (Phi) is 7.92. The smallest absolute Gasteiger partial charge is 0.266 e.